The lowest BCUT2D eigenvalue weighted by atomic mass is 10.1. The van der Waals surface area contributed by atoms with E-state index in [4.69, 9.17) is 0 Å². The average molecular weight is 237 g/mol. The van der Waals surface area contributed by atoms with Crippen molar-refractivity contribution in [3.63, 3.8) is 0 Å². The van der Waals surface area contributed by atoms with E-state index in [9.17, 15) is 9.59 Å². The first-order valence-electron chi connectivity index (χ1n) is 5.74. The monoisotopic (exact) mass is 237 g/mol. The molecule has 1 heterocycles. The minimum atomic E-state index is -0.0418. The zero-order valence-corrected chi connectivity index (χ0v) is 9.67. The molecule has 0 atom stereocenters. The quantitative estimate of drug-likeness (QED) is 0.753. The Morgan fingerprint density at radius 3 is 2.56 bits per heavy atom. The Kier molecular flexibility index (Phi) is 2.45. The molecule has 0 radical (unpaired) electrons. The van der Waals surface area contributed by atoms with E-state index in [2.05, 4.69) is 0 Å². The van der Waals surface area contributed by atoms with E-state index in [0.29, 0.717) is 17.7 Å². The molecule has 0 unspecified atom stereocenters. The van der Waals surface area contributed by atoms with Crippen LogP contribution in [-0.2, 0) is 6.54 Å². The van der Waals surface area contributed by atoms with E-state index in [1.54, 1.807) is 17.0 Å². The zero-order valence-electron chi connectivity index (χ0n) is 9.67. The third kappa shape index (κ3) is 1.61. The van der Waals surface area contributed by atoms with Gasteiger partial charge in [-0.2, -0.15) is 0 Å². The highest BCUT2D eigenvalue weighted by atomic mass is 16.2. The molecule has 3 nitrogen and oxygen atoms in total. The number of fused-ring (bicyclic) bond motifs is 1. The summed E-state index contributed by atoms with van der Waals surface area (Å²) in [6, 6.07) is 14.8. The Balaban J connectivity index is 2.02. The maximum Gasteiger partial charge on any atom is 0.258 e. The van der Waals surface area contributed by atoms with Crippen LogP contribution in [0.1, 0.15) is 26.3 Å². The molecule has 0 fully saturated rings. The lowest BCUT2D eigenvalue weighted by Gasteiger charge is -2.15. The number of aldehydes is 1. The van der Waals surface area contributed by atoms with Crippen LogP contribution in [0.5, 0.6) is 0 Å². The second kappa shape index (κ2) is 4.11. The predicted molar refractivity (Wildman–Crippen MR) is 68.8 cm³/mol. The number of carbonyl (C=O) groups is 2. The summed E-state index contributed by atoms with van der Waals surface area (Å²) in [5, 5.41) is 0. The van der Waals surface area contributed by atoms with Crippen molar-refractivity contribution < 1.29 is 9.59 Å². The summed E-state index contributed by atoms with van der Waals surface area (Å²) in [5.41, 5.74) is 3.02. The van der Waals surface area contributed by atoms with Gasteiger partial charge in [-0.1, -0.05) is 30.3 Å². The van der Waals surface area contributed by atoms with Crippen LogP contribution in [0.4, 0.5) is 5.69 Å². The second-order valence-corrected chi connectivity index (χ2v) is 4.26. The van der Waals surface area contributed by atoms with Crippen LogP contribution in [0.15, 0.2) is 48.5 Å². The lowest BCUT2D eigenvalue weighted by Crippen LogP contribution is -2.22. The molecule has 18 heavy (non-hydrogen) atoms. The summed E-state index contributed by atoms with van der Waals surface area (Å²) in [4.78, 5) is 24.7. The van der Waals surface area contributed by atoms with Gasteiger partial charge in [0.15, 0.2) is 0 Å². The Labute approximate surface area is 105 Å². The smallest absolute Gasteiger partial charge is 0.258 e. The summed E-state index contributed by atoms with van der Waals surface area (Å²) < 4.78 is 0. The number of carbonyl (C=O) groups excluding carboxylic acids is 2. The highest BCUT2D eigenvalue weighted by Crippen LogP contribution is 2.28. The summed E-state index contributed by atoms with van der Waals surface area (Å²) in [7, 11) is 0. The van der Waals surface area contributed by atoms with Crippen LogP contribution < -0.4 is 4.90 Å². The van der Waals surface area contributed by atoms with E-state index < -0.39 is 0 Å². The molecule has 0 saturated heterocycles. The Morgan fingerprint density at radius 2 is 1.83 bits per heavy atom. The highest BCUT2D eigenvalue weighted by Gasteiger charge is 2.28. The van der Waals surface area contributed by atoms with Gasteiger partial charge in [0.1, 0.15) is 6.29 Å². The topological polar surface area (TPSA) is 37.4 Å². The number of nitrogens with zero attached hydrogens (tertiary/aromatic N) is 1. The number of hydrogen-bond donors (Lipinski definition) is 0. The zero-order chi connectivity index (χ0) is 12.5. The highest BCUT2D eigenvalue weighted by molar-refractivity contribution is 6.10. The molecular formula is C15H11NO2. The standard InChI is InChI=1S/C15H11NO2/c17-10-11-6-7-12-9-16(15(18)14(12)8-11)13-4-2-1-3-5-13/h1-8,10H,9H2. The molecule has 3 rings (SSSR count). The number of para-hydroxylation sites is 1. The fourth-order valence-corrected chi connectivity index (χ4v) is 2.21. The van der Waals surface area contributed by atoms with E-state index in [0.717, 1.165) is 17.5 Å². The SMILES string of the molecule is O=Cc1ccc2c(c1)C(=O)N(c1ccccc1)C2. The minimum absolute atomic E-state index is 0.0418. The van der Waals surface area contributed by atoms with E-state index in [1.807, 2.05) is 36.4 Å². The van der Waals surface area contributed by atoms with Crippen molar-refractivity contribution >= 4 is 17.9 Å². The largest absolute Gasteiger partial charge is 0.304 e. The van der Waals surface area contributed by atoms with E-state index >= 15 is 0 Å². The summed E-state index contributed by atoms with van der Waals surface area (Å²) >= 11 is 0. The van der Waals surface area contributed by atoms with Gasteiger partial charge in [-0.05, 0) is 23.8 Å². The van der Waals surface area contributed by atoms with E-state index in [1.165, 1.54) is 0 Å². The van der Waals surface area contributed by atoms with Crippen molar-refractivity contribution in [2.75, 3.05) is 4.90 Å². The van der Waals surface area contributed by atoms with Gasteiger partial charge in [0.05, 0.1) is 6.54 Å². The van der Waals surface area contributed by atoms with Crippen LogP contribution in [0.2, 0.25) is 0 Å². The van der Waals surface area contributed by atoms with Crippen molar-refractivity contribution in [1.82, 2.24) is 0 Å². The van der Waals surface area contributed by atoms with Gasteiger partial charge >= 0.3 is 0 Å². The summed E-state index contributed by atoms with van der Waals surface area (Å²) in [6.07, 6.45) is 0.763. The molecule has 88 valence electrons. The predicted octanol–water partition coefficient (Wildman–Crippen LogP) is 2.66. The molecule has 1 amide bonds. The van der Waals surface area contributed by atoms with Crippen molar-refractivity contribution in [1.29, 1.82) is 0 Å². The molecule has 1 aliphatic rings. The van der Waals surface area contributed by atoms with Gasteiger partial charge in [0, 0.05) is 16.8 Å². The van der Waals surface area contributed by atoms with Crippen LogP contribution in [-0.4, -0.2) is 12.2 Å². The fraction of sp³-hybridized carbons (Fsp3) is 0.0667. The molecule has 0 saturated carbocycles. The molecule has 0 aliphatic carbocycles. The third-order valence-corrected chi connectivity index (χ3v) is 3.14. The lowest BCUT2D eigenvalue weighted by molar-refractivity contribution is 0.0996. The van der Waals surface area contributed by atoms with Gasteiger partial charge in [0.2, 0.25) is 0 Å². The molecule has 2 aromatic rings. The maximum absolute atomic E-state index is 12.3. The number of benzene rings is 2. The molecule has 0 N–H and O–H groups in total. The van der Waals surface area contributed by atoms with Gasteiger partial charge < -0.3 is 4.90 Å². The molecule has 0 aromatic heterocycles. The van der Waals surface area contributed by atoms with Crippen LogP contribution >= 0.6 is 0 Å². The summed E-state index contributed by atoms with van der Waals surface area (Å²) in [6.45, 7) is 0.567. The first-order chi connectivity index (χ1) is 8.79. The maximum atomic E-state index is 12.3. The molecule has 1 aliphatic heterocycles. The Morgan fingerprint density at radius 1 is 1.06 bits per heavy atom. The molecule has 0 spiro atoms. The summed E-state index contributed by atoms with van der Waals surface area (Å²) in [5.74, 6) is -0.0418. The normalized spacial score (nSPS) is 13.6. The van der Waals surface area contributed by atoms with Crippen molar-refractivity contribution in [3.05, 3.63) is 65.2 Å². The van der Waals surface area contributed by atoms with E-state index in [-0.39, 0.29) is 5.91 Å². The third-order valence-electron chi connectivity index (χ3n) is 3.14. The van der Waals surface area contributed by atoms with Crippen LogP contribution in [0, 0.1) is 0 Å². The minimum Gasteiger partial charge on any atom is -0.304 e. The number of amides is 1. The van der Waals surface area contributed by atoms with Crippen molar-refractivity contribution in [3.8, 4) is 0 Å². The number of rotatable bonds is 2. The van der Waals surface area contributed by atoms with Crippen molar-refractivity contribution in [2.24, 2.45) is 0 Å². The van der Waals surface area contributed by atoms with Gasteiger partial charge in [-0.25, -0.2) is 0 Å². The Hall–Kier alpha value is -2.42. The Bertz CT molecular complexity index is 620. The van der Waals surface area contributed by atoms with Gasteiger partial charge in [0.25, 0.3) is 5.91 Å². The van der Waals surface area contributed by atoms with Crippen molar-refractivity contribution in [2.45, 2.75) is 6.54 Å². The first kappa shape index (κ1) is 10.7. The van der Waals surface area contributed by atoms with Gasteiger partial charge in [-0.15, -0.1) is 0 Å². The van der Waals surface area contributed by atoms with Crippen LogP contribution in [0.3, 0.4) is 0 Å². The molecule has 3 heteroatoms. The second-order valence-electron chi connectivity index (χ2n) is 4.26. The fourth-order valence-electron chi connectivity index (χ4n) is 2.21. The average Bonchev–Trinajstić information content (AvgIpc) is 2.77. The van der Waals surface area contributed by atoms with Gasteiger partial charge in [-0.3, -0.25) is 9.59 Å². The number of anilines is 1. The molecule has 0 bridgehead atoms. The first-order valence-corrected chi connectivity index (χ1v) is 5.74. The molecular weight excluding hydrogens is 226 g/mol. The van der Waals surface area contributed by atoms with Crippen LogP contribution in [0.25, 0.3) is 0 Å². The molecule has 2 aromatic carbocycles. The number of hydrogen-bond acceptors (Lipinski definition) is 2.